The van der Waals surface area contributed by atoms with E-state index in [2.05, 4.69) is 20.4 Å². The van der Waals surface area contributed by atoms with Crippen LogP contribution in [0, 0.1) is 0 Å². The lowest BCUT2D eigenvalue weighted by atomic mass is 10.0. The number of nitrogens with zero attached hydrogens (tertiary/aromatic N) is 4. The molecule has 0 atom stereocenters. The molecule has 3 aromatic rings. The Morgan fingerprint density at radius 2 is 2.04 bits per heavy atom. The van der Waals surface area contributed by atoms with Gasteiger partial charge in [-0.15, -0.1) is 0 Å². The predicted molar refractivity (Wildman–Crippen MR) is 83.1 cm³/mol. The lowest BCUT2D eigenvalue weighted by Gasteiger charge is -2.25. The smallest absolute Gasteiger partial charge is 0.246 e. The Morgan fingerprint density at radius 1 is 1.26 bits per heavy atom. The minimum absolute atomic E-state index is 0.133. The summed E-state index contributed by atoms with van der Waals surface area (Å²) in [4.78, 5) is 20.8. The minimum atomic E-state index is -0.701. The normalized spacial score (nSPS) is 11.4. The molecule has 0 aromatic carbocycles. The number of rotatable bonds is 5. The van der Waals surface area contributed by atoms with Gasteiger partial charge in [0.15, 0.2) is 0 Å². The molecule has 0 saturated heterocycles. The van der Waals surface area contributed by atoms with E-state index in [4.69, 9.17) is 4.52 Å². The molecular weight excluding hydrogens is 294 g/mol. The maximum atomic E-state index is 12.4. The van der Waals surface area contributed by atoms with E-state index in [-0.39, 0.29) is 12.5 Å². The van der Waals surface area contributed by atoms with E-state index in [0.717, 1.165) is 0 Å². The number of pyridine rings is 1. The monoisotopic (exact) mass is 311 g/mol. The molecule has 1 amide bonds. The molecular formula is C16H17N5O2. The Morgan fingerprint density at radius 3 is 2.74 bits per heavy atom. The van der Waals surface area contributed by atoms with Crippen molar-refractivity contribution in [2.24, 2.45) is 0 Å². The zero-order valence-electron chi connectivity index (χ0n) is 12.9. The Kier molecular flexibility index (Phi) is 3.92. The molecule has 3 rings (SSSR count). The molecule has 3 aromatic heterocycles. The SMILES string of the molecule is CC(C)(C(=O)NCc1nc(-c2ccccn2)no1)n1cccc1. The standard InChI is InChI=1S/C16H17N5O2/c1-16(2,21-9-5-6-10-21)15(22)18-11-13-19-14(20-23-13)12-7-3-4-8-17-12/h3-10H,11H2,1-2H3,(H,18,22). The molecule has 0 unspecified atom stereocenters. The molecule has 0 bridgehead atoms. The molecule has 0 radical (unpaired) electrons. The maximum Gasteiger partial charge on any atom is 0.246 e. The topological polar surface area (TPSA) is 85.8 Å². The summed E-state index contributed by atoms with van der Waals surface area (Å²) in [6, 6.07) is 9.22. The van der Waals surface area contributed by atoms with Gasteiger partial charge in [0.25, 0.3) is 0 Å². The van der Waals surface area contributed by atoms with Crippen LogP contribution < -0.4 is 5.32 Å². The Bertz CT molecular complexity index is 778. The molecule has 3 heterocycles. The Hall–Kier alpha value is -2.96. The second kappa shape index (κ2) is 6.04. The summed E-state index contributed by atoms with van der Waals surface area (Å²) < 4.78 is 6.99. The summed E-state index contributed by atoms with van der Waals surface area (Å²) >= 11 is 0. The third-order valence-corrected chi connectivity index (χ3v) is 3.57. The lowest BCUT2D eigenvalue weighted by Crippen LogP contribution is -2.43. The summed E-state index contributed by atoms with van der Waals surface area (Å²) in [5.74, 6) is 0.605. The third-order valence-electron chi connectivity index (χ3n) is 3.57. The van der Waals surface area contributed by atoms with Gasteiger partial charge in [-0.2, -0.15) is 4.98 Å². The van der Waals surface area contributed by atoms with Crippen LogP contribution in [-0.2, 0) is 16.9 Å². The molecule has 23 heavy (non-hydrogen) atoms. The highest BCUT2D eigenvalue weighted by Gasteiger charge is 2.28. The van der Waals surface area contributed by atoms with E-state index in [9.17, 15) is 4.79 Å². The molecule has 0 aliphatic heterocycles. The van der Waals surface area contributed by atoms with Crippen LogP contribution in [0.15, 0.2) is 53.4 Å². The van der Waals surface area contributed by atoms with Crippen LogP contribution in [0.1, 0.15) is 19.7 Å². The highest BCUT2D eigenvalue weighted by atomic mass is 16.5. The molecule has 7 nitrogen and oxygen atoms in total. The molecule has 0 aliphatic rings. The van der Waals surface area contributed by atoms with E-state index >= 15 is 0 Å². The highest BCUT2D eigenvalue weighted by Crippen LogP contribution is 2.16. The number of carbonyl (C=O) groups is 1. The summed E-state index contributed by atoms with van der Waals surface area (Å²) in [6.07, 6.45) is 5.36. The fraction of sp³-hybridized carbons (Fsp3) is 0.250. The number of nitrogens with one attached hydrogen (secondary N) is 1. The van der Waals surface area contributed by atoms with Gasteiger partial charge in [0, 0.05) is 18.6 Å². The van der Waals surface area contributed by atoms with Crippen molar-refractivity contribution in [1.82, 2.24) is 25.0 Å². The van der Waals surface area contributed by atoms with Crippen LogP contribution >= 0.6 is 0 Å². The molecule has 0 spiro atoms. The average Bonchev–Trinajstić information content (AvgIpc) is 3.25. The number of amides is 1. The van der Waals surface area contributed by atoms with Crippen LogP contribution in [0.4, 0.5) is 0 Å². The second-order valence-electron chi connectivity index (χ2n) is 5.56. The van der Waals surface area contributed by atoms with E-state index in [0.29, 0.717) is 17.4 Å². The van der Waals surface area contributed by atoms with Gasteiger partial charge in [-0.25, -0.2) is 0 Å². The summed E-state index contributed by atoms with van der Waals surface area (Å²) in [5.41, 5.74) is -0.0747. The first kappa shape index (κ1) is 15.0. The van der Waals surface area contributed by atoms with Crippen molar-refractivity contribution >= 4 is 5.91 Å². The van der Waals surface area contributed by atoms with E-state index in [1.165, 1.54) is 0 Å². The van der Waals surface area contributed by atoms with Gasteiger partial charge in [-0.1, -0.05) is 11.2 Å². The molecule has 0 fully saturated rings. The molecule has 7 heteroatoms. The number of hydrogen-bond acceptors (Lipinski definition) is 5. The van der Waals surface area contributed by atoms with Gasteiger partial charge in [0.2, 0.25) is 17.6 Å². The van der Waals surface area contributed by atoms with Crippen LogP contribution in [-0.4, -0.2) is 25.6 Å². The van der Waals surface area contributed by atoms with E-state index < -0.39 is 5.54 Å². The van der Waals surface area contributed by atoms with Crippen LogP contribution in [0.25, 0.3) is 11.5 Å². The summed E-state index contributed by atoms with van der Waals surface area (Å²) in [7, 11) is 0. The van der Waals surface area contributed by atoms with Gasteiger partial charge in [0.1, 0.15) is 11.2 Å². The second-order valence-corrected chi connectivity index (χ2v) is 5.56. The fourth-order valence-electron chi connectivity index (χ4n) is 2.12. The zero-order chi connectivity index (χ0) is 16.3. The van der Waals surface area contributed by atoms with E-state index in [1.807, 2.05) is 55.1 Å². The minimum Gasteiger partial charge on any atom is -0.345 e. The quantitative estimate of drug-likeness (QED) is 0.778. The van der Waals surface area contributed by atoms with Gasteiger partial charge in [-0.3, -0.25) is 9.78 Å². The average molecular weight is 311 g/mol. The van der Waals surface area contributed by atoms with Gasteiger partial charge < -0.3 is 14.4 Å². The van der Waals surface area contributed by atoms with Crippen molar-refractivity contribution in [3.63, 3.8) is 0 Å². The number of aromatic nitrogens is 4. The van der Waals surface area contributed by atoms with Crippen molar-refractivity contribution in [2.45, 2.75) is 25.9 Å². The van der Waals surface area contributed by atoms with Crippen molar-refractivity contribution in [3.8, 4) is 11.5 Å². The number of hydrogen-bond donors (Lipinski definition) is 1. The van der Waals surface area contributed by atoms with Crippen molar-refractivity contribution < 1.29 is 9.32 Å². The molecule has 0 saturated carbocycles. The first-order valence-corrected chi connectivity index (χ1v) is 7.23. The third kappa shape index (κ3) is 3.13. The first-order chi connectivity index (χ1) is 11.1. The Labute approximate surface area is 133 Å². The fourth-order valence-corrected chi connectivity index (χ4v) is 2.12. The molecule has 1 N–H and O–H groups in total. The van der Waals surface area contributed by atoms with Crippen molar-refractivity contribution in [3.05, 3.63) is 54.8 Å². The van der Waals surface area contributed by atoms with Crippen LogP contribution in [0.2, 0.25) is 0 Å². The van der Waals surface area contributed by atoms with Crippen molar-refractivity contribution in [1.29, 1.82) is 0 Å². The van der Waals surface area contributed by atoms with Gasteiger partial charge in [-0.05, 0) is 38.1 Å². The molecule has 118 valence electrons. The largest absolute Gasteiger partial charge is 0.345 e. The highest BCUT2D eigenvalue weighted by molar-refractivity contribution is 5.83. The van der Waals surface area contributed by atoms with Gasteiger partial charge >= 0.3 is 0 Å². The summed E-state index contributed by atoms with van der Waals surface area (Å²) in [6.45, 7) is 3.86. The molecule has 0 aliphatic carbocycles. The van der Waals surface area contributed by atoms with E-state index in [1.54, 1.807) is 12.3 Å². The van der Waals surface area contributed by atoms with Crippen LogP contribution in [0.5, 0.6) is 0 Å². The van der Waals surface area contributed by atoms with Crippen LogP contribution in [0.3, 0.4) is 0 Å². The maximum absolute atomic E-state index is 12.4. The summed E-state index contributed by atoms with van der Waals surface area (Å²) in [5, 5.41) is 6.69. The lowest BCUT2D eigenvalue weighted by molar-refractivity contribution is -0.128. The number of carbonyl (C=O) groups excluding carboxylic acids is 1. The zero-order valence-corrected chi connectivity index (χ0v) is 12.9. The Balaban J connectivity index is 1.65. The van der Waals surface area contributed by atoms with Gasteiger partial charge in [0.05, 0.1) is 6.54 Å². The first-order valence-electron chi connectivity index (χ1n) is 7.23. The van der Waals surface area contributed by atoms with Crippen molar-refractivity contribution in [2.75, 3.05) is 0 Å². The predicted octanol–water partition coefficient (Wildman–Crippen LogP) is 1.98.